The highest BCUT2D eigenvalue weighted by Crippen LogP contribution is 2.28. The van der Waals surface area contributed by atoms with Gasteiger partial charge in [0.25, 0.3) is 0 Å². The molecule has 0 saturated carbocycles. The summed E-state index contributed by atoms with van der Waals surface area (Å²) in [6, 6.07) is 5.57. The molecule has 0 radical (unpaired) electrons. The first-order valence-corrected chi connectivity index (χ1v) is 7.67. The van der Waals surface area contributed by atoms with Crippen LogP contribution in [0.5, 0.6) is 0 Å². The minimum absolute atomic E-state index is 0.0249. The van der Waals surface area contributed by atoms with Gasteiger partial charge in [-0.1, -0.05) is 27.5 Å². The Morgan fingerprint density at radius 1 is 1.41 bits per heavy atom. The number of nitrogens with one attached hydrogen (secondary N) is 1. The summed E-state index contributed by atoms with van der Waals surface area (Å²) < 4.78 is 15.8. The topological polar surface area (TPSA) is 35.1 Å². The van der Waals surface area contributed by atoms with Crippen LogP contribution >= 0.6 is 27.5 Å². The van der Waals surface area contributed by atoms with Gasteiger partial charge in [-0.3, -0.25) is 0 Å². The quantitative estimate of drug-likeness (QED) is 0.838. The van der Waals surface area contributed by atoms with Crippen molar-refractivity contribution in [2.45, 2.75) is 38.5 Å². The van der Waals surface area contributed by atoms with Crippen molar-refractivity contribution in [3.8, 4) is 0 Å². The molecule has 0 aliphatic rings. The van der Waals surface area contributed by atoms with Gasteiger partial charge in [-0.05, 0) is 51.5 Å². The highest BCUT2D eigenvalue weighted by atomic mass is 79.9. The lowest BCUT2D eigenvalue weighted by molar-refractivity contribution is 0.531. The van der Waals surface area contributed by atoms with Gasteiger partial charge in [-0.25, -0.2) is 0 Å². The van der Waals surface area contributed by atoms with Gasteiger partial charge in [0.1, 0.15) is 4.75 Å². The summed E-state index contributed by atoms with van der Waals surface area (Å²) in [4.78, 5) is 0. The fraction of sp³-hybridized carbons (Fsp3) is 0.500. The van der Waals surface area contributed by atoms with Crippen LogP contribution in [0.1, 0.15) is 39.3 Å². The third-order valence-corrected chi connectivity index (χ3v) is 4.90. The molecule has 17 heavy (non-hydrogen) atoms. The van der Waals surface area contributed by atoms with Crippen LogP contribution in [0.25, 0.3) is 0 Å². The summed E-state index contributed by atoms with van der Waals surface area (Å²) in [5.41, 5.74) is 1.01. The molecule has 0 aliphatic carbocycles. The summed E-state index contributed by atoms with van der Waals surface area (Å²) in [5.74, 6) is 0. The number of benzene rings is 1. The Balaban J connectivity index is 2.83. The third-order valence-electron chi connectivity index (χ3n) is 2.26. The Kier molecular flexibility index (Phi) is 5.35. The van der Waals surface area contributed by atoms with Crippen molar-refractivity contribution in [3.63, 3.8) is 0 Å². The zero-order valence-electron chi connectivity index (χ0n) is 10.4. The van der Waals surface area contributed by atoms with Crippen LogP contribution in [0.15, 0.2) is 22.7 Å². The third kappa shape index (κ3) is 4.45. The Bertz CT molecular complexity index is 395. The molecule has 1 rings (SSSR count). The second-order valence-electron chi connectivity index (χ2n) is 4.89. The molecule has 0 saturated heterocycles. The van der Waals surface area contributed by atoms with Crippen molar-refractivity contribution in [1.82, 2.24) is 4.72 Å². The van der Waals surface area contributed by atoms with Crippen molar-refractivity contribution < 1.29 is 4.55 Å². The Hall–Kier alpha value is 0.260. The van der Waals surface area contributed by atoms with Crippen molar-refractivity contribution in [3.05, 3.63) is 33.3 Å². The minimum Gasteiger partial charge on any atom is -0.598 e. The maximum atomic E-state index is 12.0. The predicted molar refractivity (Wildman–Crippen MR) is 78.6 cm³/mol. The van der Waals surface area contributed by atoms with E-state index in [1.54, 1.807) is 0 Å². The smallest absolute Gasteiger partial charge is 0.136 e. The molecule has 0 aromatic heterocycles. The first kappa shape index (κ1) is 15.3. The van der Waals surface area contributed by atoms with E-state index in [0.29, 0.717) is 5.02 Å². The second-order valence-corrected chi connectivity index (χ2v) is 8.18. The lowest BCUT2D eigenvalue weighted by atomic mass is 10.1. The monoisotopic (exact) mass is 337 g/mol. The van der Waals surface area contributed by atoms with Crippen LogP contribution in [-0.2, 0) is 11.4 Å². The molecule has 1 aromatic rings. The Morgan fingerprint density at radius 2 is 2.00 bits per heavy atom. The SMILES string of the molecule is CC(N[S+]([O-])C(C)(C)C)c1cc(Cl)ccc1Br. The van der Waals surface area contributed by atoms with E-state index in [2.05, 4.69) is 20.7 Å². The molecule has 0 heterocycles. The van der Waals surface area contributed by atoms with Gasteiger partial charge < -0.3 is 4.55 Å². The summed E-state index contributed by atoms with van der Waals surface area (Å²) in [6.45, 7) is 7.79. The summed E-state index contributed by atoms with van der Waals surface area (Å²) >= 11 is 8.34. The molecule has 96 valence electrons. The summed E-state index contributed by atoms with van der Waals surface area (Å²) in [6.07, 6.45) is 0. The molecule has 0 fully saturated rings. The zero-order valence-corrected chi connectivity index (χ0v) is 13.5. The average molecular weight is 339 g/mol. The molecular weight excluding hydrogens is 322 g/mol. The van der Waals surface area contributed by atoms with Gasteiger partial charge in [-0.2, -0.15) is 0 Å². The Morgan fingerprint density at radius 3 is 2.53 bits per heavy atom. The maximum Gasteiger partial charge on any atom is 0.136 e. The van der Waals surface area contributed by atoms with Crippen molar-refractivity contribution in [2.24, 2.45) is 0 Å². The highest BCUT2D eigenvalue weighted by molar-refractivity contribution is 9.10. The summed E-state index contributed by atoms with van der Waals surface area (Å²) in [5, 5.41) is 0.679. The average Bonchev–Trinajstić information content (AvgIpc) is 2.20. The van der Waals surface area contributed by atoms with E-state index in [1.165, 1.54) is 0 Å². The normalized spacial score (nSPS) is 15.7. The largest absolute Gasteiger partial charge is 0.598 e. The van der Waals surface area contributed by atoms with E-state index < -0.39 is 11.4 Å². The molecule has 5 heteroatoms. The number of hydrogen-bond acceptors (Lipinski definition) is 2. The van der Waals surface area contributed by atoms with Crippen molar-refractivity contribution in [2.75, 3.05) is 0 Å². The molecule has 0 bridgehead atoms. The van der Waals surface area contributed by atoms with Crippen LogP contribution < -0.4 is 4.72 Å². The van der Waals surface area contributed by atoms with E-state index in [1.807, 2.05) is 45.9 Å². The molecule has 0 spiro atoms. The fourth-order valence-electron chi connectivity index (χ4n) is 1.25. The van der Waals surface area contributed by atoms with Crippen LogP contribution in [0, 0.1) is 0 Å². The molecule has 2 atom stereocenters. The van der Waals surface area contributed by atoms with Crippen molar-refractivity contribution >= 4 is 38.9 Å². The van der Waals surface area contributed by atoms with Crippen LogP contribution in [0.3, 0.4) is 0 Å². The van der Waals surface area contributed by atoms with E-state index >= 15 is 0 Å². The molecular formula is C12H17BrClNOS. The van der Waals surface area contributed by atoms with Gasteiger partial charge in [0.05, 0.1) is 6.04 Å². The molecule has 2 nitrogen and oxygen atoms in total. The molecule has 2 unspecified atom stereocenters. The number of hydrogen-bond donors (Lipinski definition) is 1. The van der Waals surface area contributed by atoms with E-state index in [-0.39, 0.29) is 10.8 Å². The standard InChI is InChI=1S/C12H17BrClNOS/c1-8(15-17(16)12(2,3)4)10-7-9(14)5-6-11(10)13/h5-8,15H,1-4H3. The Labute approximate surface area is 120 Å². The first-order valence-electron chi connectivity index (χ1n) is 5.35. The summed E-state index contributed by atoms with van der Waals surface area (Å²) in [7, 11) is 0. The van der Waals surface area contributed by atoms with Gasteiger partial charge >= 0.3 is 0 Å². The lowest BCUT2D eigenvalue weighted by Crippen LogP contribution is -2.40. The van der Waals surface area contributed by atoms with Crippen LogP contribution in [0.2, 0.25) is 5.02 Å². The van der Waals surface area contributed by atoms with E-state index in [4.69, 9.17) is 11.6 Å². The minimum atomic E-state index is -1.10. The number of halogens is 2. The molecule has 0 amide bonds. The van der Waals surface area contributed by atoms with Gasteiger partial charge in [0.15, 0.2) is 0 Å². The zero-order chi connectivity index (χ0) is 13.2. The van der Waals surface area contributed by atoms with E-state index in [0.717, 1.165) is 10.0 Å². The number of rotatable bonds is 3. The van der Waals surface area contributed by atoms with E-state index in [9.17, 15) is 4.55 Å². The lowest BCUT2D eigenvalue weighted by Gasteiger charge is -2.27. The van der Waals surface area contributed by atoms with Gasteiger partial charge in [0, 0.05) is 20.9 Å². The van der Waals surface area contributed by atoms with Crippen LogP contribution in [-0.4, -0.2) is 9.30 Å². The highest BCUT2D eigenvalue weighted by Gasteiger charge is 2.28. The first-order chi connectivity index (χ1) is 7.71. The molecule has 0 aliphatic heterocycles. The predicted octanol–water partition coefficient (Wildman–Crippen LogP) is 4.22. The van der Waals surface area contributed by atoms with Crippen molar-refractivity contribution in [1.29, 1.82) is 0 Å². The molecule has 1 N–H and O–H groups in total. The van der Waals surface area contributed by atoms with Gasteiger partial charge in [0.2, 0.25) is 0 Å². The van der Waals surface area contributed by atoms with Gasteiger partial charge in [-0.15, -0.1) is 4.72 Å². The fourth-order valence-corrected chi connectivity index (χ4v) is 2.82. The maximum absolute atomic E-state index is 12.0. The second kappa shape index (κ2) is 5.93. The molecule has 1 aromatic carbocycles. The van der Waals surface area contributed by atoms with Crippen LogP contribution in [0.4, 0.5) is 0 Å².